The Kier molecular flexibility index (Phi) is 5.25. The molecule has 0 saturated heterocycles. The van der Waals surface area contributed by atoms with Crippen LogP contribution in [0.1, 0.15) is 0 Å². The van der Waals surface area contributed by atoms with E-state index >= 15 is 0 Å². The van der Waals surface area contributed by atoms with Gasteiger partial charge in [0.05, 0.1) is 10.2 Å². The Morgan fingerprint density at radius 2 is 1.24 bits per heavy atom. The van der Waals surface area contributed by atoms with Crippen molar-refractivity contribution >= 4 is 43.1 Å². The summed E-state index contributed by atoms with van der Waals surface area (Å²) in [6.45, 7) is 0. The van der Waals surface area contributed by atoms with Crippen molar-refractivity contribution in [1.29, 1.82) is 0 Å². The molecule has 0 aliphatic heterocycles. The third-order valence-corrected chi connectivity index (χ3v) is 7.68. The third-order valence-electron chi connectivity index (χ3n) is 4.22. The molecule has 3 aromatic carbocycles. The Labute approximate surface area is 179 Å². The number of para-hydroxylation sites is 1. The second-order valence-corrected chi connectivity index (χ2v) is 9.51. The van der Waals surface area contributed by atoms with E-state index in [9.17, 15) is 0 Å². The molecule has 29 heavy (non-hydrogen) atoms. The minimum absolute atomic E-state index is 0.618. The van der Waals surface area contributed by atoms with E-state index in [2.05, 4.69) is 21.2 Å². The number of hydrogen-bond donors (Lipinski definition) is 0. The summed E-state index contributed by atoms with van der Waals surface area (Å²) in [6, 6.07) is 28.3. The van der Waals surface area contributed by atoms with E-state index in [1.165, 1.54) is 15.5 Å². The van der Waals surface area contributed by atoms with Crippen molar-refractivity contribution in [2.45, 2.75) is 9.50 Å². The summed E-state index contributed by atoms with van der Waals surface area (Å²) >= 11 is 1.67. The van der Waals surface area contributed by atoms with Crippen LogP contribution in [0.2, 0.25) is 0 Å². The van der Waals surface area contributed by atoms with Crippen LogP contribution in [0, 0.1) is 0 Å². The van der Waals surface area contributed by atoms with Crippen LogP contribution in [0.5, 0.6) is 0 Å². The molecule has 0 fully saturated rings. The highest BCUT2D eigenvalue weighted by Gasteiger charge is 2.14. The van der Waals surface area contributed by atoms with E-state index in [1.54, 1.807) is 22.1 Å². The predicted molar refractivity (Wildman–Crippen MR) is 122 cm³/mol. The van der Waals surface area contributed by atoms with Gasteiger partial charge in [-0.3, -0.25) is 0 Å². The Morgan fingerprint density at radius 1 is 0.586 bits per heavy atom. The highest BCUT2D eigenvalue weighted by atomic mass is 33.1. The van der Waals surface area contributed by atoms with Crippen molar-refractivity contribution in [2.75, 3.05) is 0 Å². The van der Waals surface area contributed by atoms with E-state index < -0.39 is 0 Å². The van der Waals surface area contributed by atoms with Crippen molar-refractivity contribution in [2.24, 2.45) is 0 Å². The van der Waals surface area contributed by atoms with Gasteiger partial charge in [-0.15, -0.1) is 21.5 Å². The molecular weight excluding hydrogens is 416 g/mol. The lowest BCUT2D eigenvalue weighted by atomic mass is 10.0. The quantitative estimate of drug-likeness (QED) is 0.292. The molecule has 0 saturated carbocycles. The van der Waals surface area contributed by atoms with Gasteiger partial charge in [0.25, 0.3) is 0 Å². The zero-order chi connectivity index (χ0) is 19.5. The number of nitrogens with zero attached hydrogens (tertiary/aromatic N) is 4. The molecule has 0 amide bonds. The molecule has 0 radical (unpaired) electrons. The van der Waals surface area contributed by atoms with Gasteiger partial charge in [0.2, 0.25) is 5.16 Å². The topological polar surface area (TPSA) is 51.6 Å². The van der Waals surface area contributed by atoms with Gasteiger partial charge in [0.15, 0.2) is 4.34 Å². The van der Waals surface area contributed by atoms with Crippen LogP contribution >= 0.6 is 32.9 Å². The number of hydrogen-bond acceptors (Lipinski definition) is 7. The second kappa shape index (κ2) is 8.32. The molecule has 5 rings (SSSR count). The molecule has 2 aromatic heterocycles. The fourth-order valence-corrected chi connectivity index (χ4v) is 5.85. The minimum Gasteiger partial charge on any atom is -0.229 e. The Morgan fingerprint density at radius 3 is 1.97 bits per heavy atom. The van der Waals surface area contributed by atoms with Crippen LogP contribution in [0.3, 0.4) is 0 Å². The molecular formula is C22H14N4S3. The van der Waals surface area contributed by atoms with Crippen molar-refractivity contribution < 1.29 is 0 Å². The smallest absolute Gasteiger partial charge is 0.220 e. The Hall–Kier alpha value is -2.74. The molecule has 140 valence electrons. The maximum Gasteiger partial charge on any atom is 0.220 e. The van der Waals surface area contributed by atoms with Crippen LogP contribution in [0.15, 0.2) is 94.4 Å². The summed E-state index contributed by atoms with van der Waals surface area (Å²) < 4.78 is 2.16. The van der Waals surface area contributed by atoms with Gasteiger partial charge in [0, 0.05) is 11.1 Å². The van der Waals surface area contributed by atoms with Crippen molar-refractivity contribution in [1.82, 2.24) is 20.2 Å². The van der Waals surface area contributed by atoms with E-state index in [1.807, 2.05) is 78.9 Å². The summed E-state index contributed by atoms with van der Waals surface area (Å²) in [5.41, 5.74) is 4.66. The predicted octanol–water partition coefficient (Wildman–Crippen LogP) is 6.61. The third kappa shape index (κ3) is 4.03. The van der Waals surface area contributed by atoms with Crippen LogP contribution in [0.4, 0.5) is 0 Å². The first-order chi connectivity index (χ1) is 14.4. The van der Waals surface area contributed by atoms with E-state index in [-0.39, 0.29) is 0 Å². The first kappa shape index (κ1) is 18.3. The first-order valence-corrected chi connectivity index (χ1v) is 11.9. The maximum atomic E-state index is 4.83. The van der Waals surface area contributed by atoms with Gasteiger partial charge < -0.3 is 0 Å². The number of fused-ring (bicyclic) bond motifs is 1. The zero-order valence-corrected chi connectivity index (χ0v) is 17.5. The highest BCUT2D eigenvalue weighted by Crippen LogP contribution is 2.40. The number of aromatic nitrogens is 4. The van der Waals surface area contributed by atoms with E-state index in [0.717, 1.165) is 32.4 Å². The van der Waals surface area contributed by atoms with Crippen LogP contribution in [0.25, 0.3) is 32.7 Å². The number of benzene rings is 3. The van der Waals surface area contributed by atoms with Crippen LogP contribution < -0.4 is 0 Å². The van der Waals surface area contributed by atoms with Crippen molar-refractivity contribution in [3.8, 4) is 22.5 Å². The summed E-state index contributed by atoms with van der Waals surface area (Å²) in [5.74, 6) is 0. The van der Waals surface area contributed by atoms with Gasteiger partial charge in [-0.2, -0.15) is 0 Å². The van der Waals surface area contributed by atoms with Crippen molar-refractivity contribution in [3.63, 3.8) is 0 Å². The Balaban J connectivity index is 1.47. The molecule has 0 atom stereocenters. The lowest BCUT2D eigenvalue weighted by Crippen LogP contribution is -1.98. The molecule has 7 heteroatoms. The SMILES string of the molecule is c1ccc(-c2nnc(SSc3nc4ccccc4s3)nc2-c2ccccc2)cc1. The fraction of sp³-hybridized carbons (Fsp3) is 0. The summed E-state index contributed by atoms with van der Waals surface area (Å²) in [4.78, 5) is 9.49. The molecule has 0 unspecified atom stereocenters. The van der Waals surface area contributed by atoms with E-state index in [4.69, 9.17) is 4.98 Å². The summed E-state index contributed by atoms with van der Waals surface area (Å²) in [6.07, 6.45) is 0. The minimum atomic E-state index is 0.618. The van der Waals surface area contributed by atoms with Gasteiger partial charge in [-0.1, -0.05) is 72.8 Å². The molecule has 0 aliphatic rings. The monoisotopic (exact) mass is 430 g/mol. The maximum absolute atomic E-state index is 4.83. The lowest BCUT2D eigenvalue weighted by Gasteiger charge is -2.08. The fourth-order valence-electron chi connectivity index (χ4n) is 2.89. The summed E-state index contributed by atoms with van der Waals surface area (Å²) in [7, 11) is 3.05. The largest absolute Gasteiger partial charge is 0.229 e. The normalized spacial score (nSPS) is 11.0. The standard InChI is InChI=1S/C22H14N4S3/c1-3-9-15(10-4-1)19-20(16-11-5-2-6-12-16)25-26-21(24-19)28-29-22-23-17-13-7-8-14-18(17)27-22/h1-14H. The molecule has 5 aromatic rings. The van der Waals surface area contributed by atoms with Gasteiger partial charge in [-0.25, -0.2) is 9.97 Å². The van der Waals surface area contributed by atoms with Gasteiger partial charge in [0.1, 0.15) is 11.4 Å². The molecule has 2 heterocycles. The average Bonchev–Trinajstić information content (AvgIpc) is 3.22. The van der Waals surface area contributed by atoms with Crippen LogP contribution in [-0.4, -0.2) is 20.2 Å². The van der Waals surface area contributed by atoms with E-state index in [0.29, 0.717) is 5.16 Å². The van der Waals surface area contributed by atoms with Crippen molar-refractivity contribution in [3.05, 3.63) is 84.9 Å². The molecule has 0 spiro atoms. The first-order valence-electron chi connectivity index (χ1n) is 8.92. The molecule has 0 N–H and O–H groups in total. The average molecular weight is 431 g/mol. The number of rotatable bonds is 5. The molecule has 0 bridgehead atoms. The highest BCUT2D eigenvalue weighted by molar-refractivity contribution is 8.77. The van der Waals surface area contributed by atoms with Gasteiger partial charge in [-0.05, 0) is 33.7 Å². The Bertz CT molecular complexity index is 1220. The molecule has 4 nitrogen and oxygen atoms in total. The lowest BCUT2D eigenvalue weighted by molar-refractivity contribution is 0.854. The summed E-state index contributed by atoms with van der Waals surface area (Å²) in [5, 5.41) is 9.50. The zero-order valence-electron chi connectivity index (χ0n) is 15.1. The van der Waals surface area contributed by atoms with Gasteiger partial charge >= 0.3 is 0 Å². The molecule has 0 aliphatic carbocycles. The van der Waals surface area contributed by atoms with Crippen LogP contribution in [-0.2, 0) is 0 Å². The second-order valence-electron chi connectivity index (χ2n) is 6.14. The number of thiazole rings is 1.